The Balaban J connectivity index is 1.61. The van der Waals surface area contributed by atoms with E-state index < -0.39 is 11.9 Å². The summed E-state index contributed by atoms with van der Waals surface area (Å²) in [5.74, 6) is 0.109. The third-order valence-electron chi connectivity index (χ3n) is 5.95. The predicted molar refractivity (Wildman–Crippen MR) is 130 cm³/mol. The summed E-state index contributed by atoms with van der Waals surface area (Å²) in [6.45, 7) is 6.70. The van der Waals surface area contributed by atoms with Crippen LogP contribution >= 0.6 is 11.3 Å². The molecule has 2 saturated heterocycles. The number of primary amides is 2. The van der Waals surface area contributed by atoms with Gasteiger partial charge in [0.25, 0.3) is 5.91 Å². The predicted octanol–water partition coefficient (Wildman–Crippen LogP) is 2.71. The van der Waals surface area contributed by atoms with Crippen molar-refractivity contribution in [1.29, 1.82) is 0 Å². The second kappa shape index (κ2) is 10.9. The van der Waals surface area contributed by atoms with Crippen molar-refractivity contribution in [3.8, 4) is 16.2 Å². The van der Waals surface area contributed by atoms with Gasteiger partial charge in [-0.2, -0.15) is 0 Å². The van der Waals surface area contributed by atoms with Crippen molar-refractivity contribution in [3.05, 3.63) is 29.8 Å². The molecule has 9 nitrogen and oxygen atoms in total. The Morgan fingerprint density at radius 3 is 2.52 bits per heavy atom. The number of hydrogen-bond acceptors (Lipinski definition) is 7. The minimum atomic E-state index is -0.744. The molecule has 0 aliphatic carbocycles. The maximum atomic E-state index is 11.9. The fraction of sp³-hybridized carbons (Fsp3) is 0.478. The molecule has 0 atom stereocenters. The van der Waals surface area contributed by atoms with Gasteiger partial charge in [-0.25, -0.2) is 4.79 Å². The molecule has 0 radical (unpaired) electrons. The molecule has 1 aromatic heterocycles. The van der Waals surface area contributed by atoms with Gasteiger partial charge in [-0.15, -0.1) is 11.3 Å². The van der Waals surface area contributed by atoms with E-state index in [4.69, 9.17) is 20.9 Å². The molecule has 2 fully saturated rings. The molecule has 0 spiro atoms. The first-order valence-electron chi connectivity index (χ1n) is 11.3. The number of ether oxygens (including phenoxy) is 2. The number of hydrogen-bond donors (Lipinski definition) is 3. The summed E-state index contributed by atoms with van der Waals surface area (Å²) < 4.78 is 11.8. The zero-order chi connectivity index (χ0) is 23.2. The maximum Gasteiger partial charge on any atom is 0.317 e. The molecule has 10 heteroatoms. The van der Waals surface area contributed by atoms with Crippen LogP contribution in [0.5, 0.6) is 5.75 Å². The Kier molecular flexibility index (Phi) is 7.69. The van der Waals surface area contributed by atoms with Crippen molar-refractivity contribution in [2.24, 2.45) is 11.5 Å². The molecule has 33 heavy (non-hydrogen) atoms. The van der Waals surface area contributed by atoms with Gasteiger partial charge in [0.2, 0.25) is 0 Å². The summed E-state index contributed by atoms with van der Waals surface area (Å²) in [5, 5.41) is 2.84. The van der Waals surface area contributed by atoms with Crippen LogP contribution in [0.25, 0.3) is 10.4 Å². The minimum absolute atomic E-state index is 0.227. The highest BCUT2D eigenvalue weighted by Gasteiger charge is 2.20. The number of thiophene rings is 1. The SMILES string of the molecule is NC(=O)Nc1sc(-c2ccc(N3CCOCC3)cc2OCCN2CCCCC2)cc1C(N)=O. The molecule has 3 heterocycles. The van der Waals surface area contributed by atoms with Crippen molar-refractivity contribution in [3.63, 3.8) is 0 Å². The number of rotatable bonds is 8. The molecule has 2 aromatic rings. The van der Waals surface area contributed by atoms with E-state index >= 15 is 0 Å². The van der Waals surface area contributed by atoms with Gasteiger partial charge in [0.05, 0.1) is 18.8 Å². The Labute approximate surface area is 197 Å². The number of nitrogens with one attached hydrogen (secondary N) is 1. The fourth-order valence-electron chi connectivity index (χ4n) is 4.23. The van der Waals surface area contributed by atoms with Gasteiger partial charge in [0.15, 0.2) is 0 Å². The zero-order valence-electron chi connectivity index (χ0n) is 18.7. The van der Waals surface area contributed by atoms with Gasteiger partial charge in [-0.3, -0.25) is 15.0 Å². The highest BCUT2D eigenvalue weighted by Crippen LogP contribution is 2.41. The summed E-state index contributed by atoms with van der Waals surface area (Å²) in [5.41, 5.74) is 12.9. The largest absolute Gasteiger partial charge is 0.491 e. The van der Waals surface area contributed by atoms with Gasteiger partial charge in [0.1, 0.15) is 17.4 Å². The van der Waals surface area contributed by atoms with Crippen LogP contribution in [0.2, 0.25) is 0 Å². The number of likely N-dealkylation sites (tertiary alicyclic amines) is 1. The summed E-state index contributed by atoms with van der Waals surface area (Å²) >= 11 is 1.25. The van der Waals surface area contributed by atoms with Gasteiger partial charge in [-0.1, -0.05) is 6.42 Å². The quantitative estimate of drug-likeness (QED) is 0.542. The van der Waals surface area contributed by atoms with Crippen molar-refractivity contribution in [1.82, 2.24) is 4.90 Å². The van der Waals surface area contributed by atoms with Crippen LogP contribution in [-0.4, -0.2) is 69.4 Å². The first-order chi connectivity index (χ1) is 16.0. The number of piperidine rings is 1. The normalized spacial score (nSPS) is 17.0. The van der Waals surface area contributed by atoms with Gasteiger partial charge < -0.3 is 25.8 Å². The smallest absolute Gasteiger partial charge is 0.317 e. The molecule has 4 rings (SSSR count). The molecule has 0 unspecified atom stereocenters. The van der Waals surface area contributed by atoms with Crippen molar-refractivity contribution in [2.75, 3.05) is 62.8 Å². The summed E-state index contributed by atoms with van der Waals surface area (Å²) in [4.78, 5) is 28.8. The fourth-order valence-corrected chi connectivity index (χ4v) is 5.33. The van der Waals surface area contributed by atoms with E-state index in [1.165, 1.54) is 30.6 Å². The standard InChI is InChI=1S/C23H31N5O4S/c24-21(29)18-15-20(33-22(18)26-23(25)30)17-5-4-16(28-9-11-31-12-10-28)14-19(17)32-13-8-27-6-2-1-3-7-27/h4-5,14-15H,1-3,6-13H2,(H2,24,29)(H3,25,26,30). The molecule has 0 saturated carbocycles. The lowest BCUT2D eigenvalue weighted by Gasteiger charge is -2.29. The van der Waals surface area contributed by atoms with Crippen LogP contribution in [0.3, 0.4) is 0 Å². The zero-order valence-corrected chi connectivity index (χ0v) is 19.5. The van der Waals surface area contributed by atoms with Gasteiger partial charge >= 0.3 is 6.03 Å². The molecular formula is C23H31N5O4S. The van der Waals surface area contributed by atoms with Crippen molar-refractivity contribution < 1.29 is 19.1 Å². The molecule has 3 amide bonds. The van der Waals surface area contributed by atoms with E-state index in [9.17, 15) is 9.59 Å². The number of carbonyl (C=O) groups is 2. The topological polar surface area (TPSA) is 123 Å². The Bertz CT molecular complexity index is 983. The number of amides is 3. The maximum absolute atomic E-state index is 11.9. The number of morpholine rings is 1. The number of nitrogens with zero attached hydrogens (tertiary/aromatic N) is 2. The van der Waals surface area contributed by atoms with E-state index in [-0.39, 0.29) is 5.56 Å². The molecule has 1 aromatic carbocycles. The second-order valence-corrected chi connectivity index (χ2v) is 9.29. The highest BCUT2D eigenvalue weighted by atomic mass is 32.1. The molecule has 178 valence electrons. The molecule has 2 aliphatic heterocycles. The van der Waals surface area contributed by atoms with E-state index in [1.54, 1.807) is 6.07 Å². The number of urea groups is 1. The number of nitrogens with two attached hydrogens (primary N) is 2. The average Bonchev–Trinajstić information content (AvgIpc) is 3.23. The Hall–Kier alpha value is -2.82. The third-order valence-corrected chi connectivity index (χ3v) is 7.04. The lowest BCUT2D eigenvalue weighted by atomic mass is 10.1. The molecule has 0 bridgehead atoms. The minimum Gasteiger partial charge on any atom is -0.491 e. The molecular weight excluding hydrogens is 442 g/mol. The lowest BCUT2D eigenvalue weighted by molar-refractivity contribution is 0.100. The monoisotopic (exact) mass is 473 g/mol. The molecule has 5 N–H and O–H groups in total. The Morgan fingerprint density at radius 1 is 1.06 bits per heavy atom. The number of carbonyl (C=O) groups excluding carboxylic acids is 2. The van der Waals surface area contributed by atoms with Crippen LogP contribution in [0, 0.1) is 0 Å². The first kappa shape index (κ1) is 23.3. The van der Waals surface area contributed by atoms with Crippen LogP contribution in [0.4, 0.5) is 15.5 Å². The van der Waals surface area contributed by atoms with E-state index in [1.807, 2.05) is 18.2 Å². The van der Waals surface area contributed by atoms with Crippen LogP contribution in [-0.2, 0) is 4.74 Å². The van der Waals surface area contributed by atoms with E-state index in [0.29, 0.717) is 24.8 Å². The van der Waals surface area contributed by atoms with Crippen LogP contribution < -0.4 is 26.4 Å². The Morgan fingerprint density at radius 2 is 1.82 bits per heavy atom. The van der Waals surface area contributed by atoms with Crippen molar-refractivity contribution in [2.45, 2.75) is 19.3 Å². The number of anilines is 2. The molecule has 2 aliphatic rings. The third kappa shape index (κ3) is 5.95. The first-order valence-corrected chi connectivity index (χ1v) is 12.2. The van der Waals surface area contributed by atoms with Gasteiger partial charge in [-0.05, 0) is 44.1 Å². The summed E-state index contributed by atoms with van der Waals surface area (Å²) in [6, 6.07) is 7.02. The summed E-state index contributed by atoms with van der Waals surface area (Å²) in [7, 11) is 0. The van der Waals surface area contributed by atoms with Crippen LogP contribution in [0.15, 0.2) is 24.3 Å². The highest BCUT2D eigenvalue weighted by molar-refractivity contribution is 7.20. The van der Waals surface area contributed by atoms with E-state index in [2.05, 4.69) is 15.1 Å². The average molecular weight is 474 g/mol. The van der Waals surface area contributed by atoms with E-state index in [0.717, 1.165) is 54.6 Å². The second-order valence-electron chi connectivity index (χ2n) is 8.24. The summed E-state index contributed by atoms with van der Waals surface area (Å²) in [6.07, 6.45) is 3.77. The lowest BCUT2D eigenvalue weighted by Crippen LogP contribution is -2.36. The number of benzene rings is 1. The van der Waals surface area contributed by atoms with Crippen LogP contribution in [0.1, 0.15) is 29.6 Å². The van der Waals surface area contributed by atoms with Crippen molar-refractivity contribution >= 4 is 34.0 Å². The van der Waals surface area contributed by atoms with Gasteiger partial charge in [0, 0.05) is 41.8 Å².